The molecule has 0 aliphatic heterocycles. The van der Waals surface area contributed by atoms with Crippen LogP contribution in [0.5, 0.6) is 0 Å². The number of halogens is 1. The quantitative estimate of drug-likeness (QED) is 0.832. The number of rotatable bonds is 6. The van der Waals surface area contributed by atoms with E-state index in [4.69, 9.17) is 16.7 Å². The number of carboxylic acid groups (broad SMARTS) is 1. The Morgan fingerprint density at radius 2 is 2.28 bits per heavy atom. The zero-order chi connectivity index (χ0) is 13.5. The number of aromatic nitrogens is 1. The molecule has 98 valence electrons. The molecule has 18 heavy (non-hydrogen) atoms. The predicted molar refractivity (Wildman–Crippen MR) is 71.1 cm³/mol. The minimum Gasteiger partial charge on any atom is -0.480 e. The average molecular weight is 289 g/mol. The van der Waals surface area contributed by atoms with Crippen molar-refractivity contribution in [2.24, 2.45) is 0 Å². The molecule has 0 spiro atoms. The Morgan fingerprint density at radius 3 is 2.78 bits per heavy atom. The molecule has 0 aliphatic carbocycles. The highest BCUT2D eigenvalue weighted by Gasteiger charge is 2.20. The van der Waals surface area contributed by atoms with E-state index < -0.39 is 17.9 Å². The van der Waals surface area contributed by atoms with E-state index in [1.165, 1.54) is 30.1 Å². The number of carboxylic acids is 1. The van der Waals surface area contributed by atoms with Crippen molar-refractivity contribution in [3.63, 3.8) is 0 Å². The molecule has 1 amide bonds. The van der Waals surface area contributed by atoms with Gasteiger partial charge in [0.1, 0.15) is 11.7 Å². The molecular weight excluding hydrogens is 276 g/mol. The number of hydrogen-bond donors (Lipinski definition) is 2. The number of amides is 1. The van der Waals surface area contributed by atoms with Gasteiger partial charge < -0.3 is 10.4 Å². The van der Waals surface area contributed by atoms with Crippen molar-refractivity contribution in [2.75, 3.05) is 12.0 Å². The molecule has 0 saturated heterocycles. The second-order valence-corrected chi connectivity index (χ2v) is 4.93. The number of carbonyl (C=O) groups is 2. The largest absolute Gasteiger partial charge is 0.480 e. The van der Waals surface area contributed by atoms with Crippen LogP contribution in [0.2, 0.25) is 5.02 Å². The lowest BCUT2D eigenvalue weighted by molar-refractivity contribution is -0.139. The van der Waals surface area contributed by atoms with Crippen molar-refractivity contribution in [3.8, 4) is 0 Å². The Labute approximate surface area is 114 Å². The number of nitrogens with one attached hydrogen (secondary N) is 1. The van der Waals surface area contributed by atoms with E-state index in [1.807, 2.05) is 6.26 Å². The predicted octanol–water partition coefficient (Wildman–Crippen LogP) is 1.67. The maximum atomic E-state index is 11.7. The second kappa shape index (κ2) is 7.23. The summed E-state index contributed by atoms with van der Waals surface area (Å²) in [5.41, 5.74) is 0.148. The molecule has 0 unspecified atom stereocenters. The number of thioether (sulfide) groups is 1. The summed E-state index contributed by atoms with van der Waals surface area (Å²) in [7, 11) is 0. The third kappa shape index (κ3) is 4.54. The van der Waals surface area contributed by atoms with Crippen LogP contribution < -0.4 is 5.32 Å². The van der Waals surface area contributed by atoms with Crippen LogP contribution in [0.4, 0.5) is 0 Å². The van der Waals surface area contributed by atoms with E-state index in [0.717, 1.165) is 0 Å². The Morgan fingerprint density at radius 1 is 1.56 bits per heavy atom. The van der Waals surface area contributed by atoms with Crippen LogP contribution in [-0.4, -0.2) is 40.0 Å². The van der Waals surface area contributed by atoms with Gasteiger partial charge in [0.15, 0.2) is 0 Å². The third-order valence-electron chi connectivity index (χ3n) is 2.17. The highest BCUT2D eigenvalue weighted by atomic mass is 35.5. The molecule has 0 bridgehead atoms. The van der Waals surface area contributed by atoms with Gasteiger partial charge in [0.2, 0.25) is 0 Å². The first-order valence-corrected chi connectivity index (χ1v) is 6.96. The number of aliphatic carboxylic acids is 1. The fourth-order valence-corrected chi connectivity index (χ4v) is 1.82. The van der Waals surface area contributed by atoms with Gasteiger partial charge in [-0.15, -0.1) is 0 Å². The minimum atomic E-state index is -1.05. The van der Waals surface area contributed by atoms with Crippen LogP contribution in [0, 0.1) is 0 Å². The van der Waals surface area contributed by atoms with Crippen LogP contribution >= 0.6 is 23.4 Å². The fraction of sp³-hybridized carbons (Fsp3) is 0.364. The number of nitrogens with zero attached hydrogens (tertiary/aromatic N) is 1. The van der Waals surface area contributed by atoms with E-state index in [1.54, 1.807) is 0 Å². The van der Waals surface area contributed by atoms with E-state index in [-0.39, 0.29) is 5.69 Å². The van der Waals surface area contributed by atoms with Gasteiger partial charge >= 0.3 is 5.97 Å². The topological polar surface area (TPSA) is 79.3 Å². The van der Waals surface area contributed by atoms with Crippen molar-refractivity contribution in [1.82, 2.24) is 10.3 Å². The molecular formula is C11H13ClN2O3S. The lowest BCUT2D eigenvalue weighted by atomic mass is 10.2. The molecule has 1 atom stereocenters. The summed E-state index contributed by atoms with van der Waals surface area (Å²) in [6.45, 7) is 0. The maximum Gasteiger partial charge on any atom is 0.326 e. The minimum absolute atomic E-state index is 0.148. The van der Waals surface area contributed by atoms with Gasteiger partial charge in [0, 0.05) is 6.20 Å². The van der Waals surface area contributed by atoms with Crippen molar-refractivity contribution in [2.45, 2.75) is 12.5 Å². The van der Waals surface area contributed by atoms with Crippen LogP contribution in [-0.2, 0) is 4.79 Å². The molecule has 1 heterocycles. The van der Waals surface area contributed by atoms with E-state index in [2.05, 4.69) is 10.3 Å². The van der Waals surface area contributed by atoms with Crippen LogP contribution in [0.15, 0.2) is 18.3 Å². The first-order valence-electron chi connectivity index (χ1n) is 5.18. The zero-order valence-corrected chi connectivity index (χ0v) is 11.3. The van der Waals surface area contributed by atoms with Crippen LogP contribution in [0.25, 0.3) is 0 Å². The normalized spacial score (nSPS) is 11.9. The summed E-state index contributed by atoms with van der Waals surface area (Å²) in [5.74, 6) is -0.905. The van der Waals surface area contributed by atoms with Crippen LogP contribution in [0.1, 0.15) is 16.9 Å². The molecule has 0 aliphatic rings. The molecule has 1 aromatic heterocycles. The Hall–Kier alpha value is -1.27. The van der Waals surface area contributed by atoms with Gasteiger partial charge in [0.25, 0.3) is 5.91 Å². The summed E-state index contributed by atoms with van der Waals surface area (Å²) in [6.07, 6.45) is 3.59. The molecule has 7 heteroatoms. The van der Waals surface area contributed by atoms with Crippen LogP contribution in [0.3, 0.4) is 0 Å². The molecule has 0 radical (unpaired) electrons. The fourth-order valence-electron chi connectivity index (χ4n) is 1.24. The molecule has 0 saturated carbocycles. The van der Waals surface area contributed by atoms with E-state index >= 15 is 0 Å². The van der Waals surface area contributed by atoms with Crippen molar-refractivity contribution < 1.29 is 14.7 Å². The summed E-state index contributed by atoms with van der Waals surface area (Å²) in [4.78, 5) is 26.5. The number of hydrogen-bond acceptors (Lipinski definition) is 4. The number of pyridine rings is 1. The SMILES string of the molecule is CSCC[C@@H](NC(=O)c1ccc(Cl)cn1)C(=O)O. The first-order chi connectivity index (χ1) is 8.54. The highest BCUT2D eigenvalue weighted by molar-refractivity contribution is 7.98. The van der Waals surface area contributed by atoms with Gasteiger partial charge in [-0.25, -0.2) is 9.78 Å². The van der Waals surface area contributed by atoms with E-state index in [9.17, 15) is 9.59 Å². The molecule has 0 fully saturated rings. The molecule has 2 N–H and O–H groups in total. The van der Waals surface area contributed by atoms with Crippen molar-refractivity contribution >= 4 is 35.2 Å². The average Bonchev–Trinajstić information content (AvgIpc) is 2.34. The summed E-state index contributed by atoms with van der Waals surface area (Å²) in [6, 6.07) is 2.08. The van der Waals surface area contributed by atoms with Crippen molar-refractivity contribution in [1.29, 1.82) is 0 Å². The summed E-state index contributed by atoms with van der Waals surface area (Å²) < 4.78 is 0. The summed E-state index contributed by atoms with van der Waals surface area (Å²) in [5, 5.41) is 11.8. The molecule has 1 rings (SSSR count). The summed E-state index contributed by atoms with van der Waals surface area (Å²) >= 11 is 7.17. The highest BCUT2D eigenvalue weighted by Crippen LogP contribution is 2.07. The third-order valence-corrected chi connectivity index (χ3v) is 3.04. The standard InChI is InChI=1S/C11H13ClN2O3S/c1-18-5-4-9(11(16)17)14-10(15)8-3-2-7(12)6-13-8/h2-3,6,9H,4-5H2,1H3,(H,14,15)(H,16,17)/t9-/m1/s1. The van der Waals surface area contributed by atoms with Gasteiger partial charge in [-0.3, -0.25) is 4.79 Å². The second-order valence-electron chi connectivity index (χ2n) is 3.51. The van der Waals surface area contributed by atoms with Gasteiger partial charge in [-0.1, -0.05) is 11.6 Å². The first kappa shape index (κ1) is 14.8. The number of carbonyl (C=O) groups excluding carboxylic acids is 1. The Kier molecular flexibility index (Phi) is 5.94. The lowest BCUT2D eigenvalue weighted by Crippen LogP contribution is -2.41. The van der Waals surface area contributed by atoms with Gasteiger partial charge in [-0.05, 0) is 30.6 Å². The van der Waals surface area contributed by atoms with Crippen molar-refractivity contribution in [3.05, 3.63) is 29.0 Å². The Bertz CT molecular complexity index is 425. The lowest BCUT2D eigenvalue weighted by Gasteiger charge is -2.13. The van der Waals surface area contributed by atoms with E-state index in [0.29, 0.717) is 17.2 Å². The zero-order valence-electron chi connectivity index (χ0n) is 9.72. The molecule has 5 nitrogen and oxygen atoms in total. The monoisotopic (exact) mass is 288 g/mol. The van der Waals surface area contributed by atoms with Gasteiger partial charge in [0.05, 0.1) is 5.02 Å². The smallest absolute Gasteiger partial charge is 0.326 e. The molecule has 1 aromatic rings. The van der Waals surface area contributed by atoms with Gasteiger partial charge in [-0.2, -0.15) is 11.8 Å². The maximum absolute atomic E-state index is 11.7. The molecule has 0 aromatic carbocycles. The Balaban J connectivity index is 2.66.